The number of rotatable bonds is 8. The van der Waals surface area contributed by atoms with E-state index in [0.717, 1.165) is 28.7 Å². The van der Waals surface area contributed by atoms with Crippen LogP contribution in [0, 0.1) is 5.92 Å². The lowest BCUT2D eigenvalue weighted by Crippen LogP contribution is -2.46. The van der Waals surface area contributed by atoms with Crippen molar-refractivity contribution in [2.75, 3.05) is 27.2 Å². The van der Waals surface area contributed by atoms with Gasteiger partial charge < -0.3 is 14.4 Å². The van der Waals surface area contributed by atoms with Gasteiger partial charge in [-0.15, -0.1) is 10.2 Å². The molecule has 2 aromatic heterocycles. The highest BCUT2D eigenvalue weighted by atomic mass is 16.4. The molecule has 8 heteroatoms. The van der Waals surface area contributed by atoms with Crippen molar-refractivity contribution in [2.45, 2.75) is 50.9 Å². The third kappa shape index (κ3) is 4.92. The molecule has 0 bridgehead atoms. The number of aromatic amines is 1. The maximum absolute atomic E-state index is 11.7. The summed E-state index contributed by atoms with van der Waals surface area (Å²) in [5.41, 5.74) is 2.10. The molecular weight excluding hydrogens is 356 g/mol. The number of aromatic nitrogens is 5. The average molecular weight is 387 g/mol. The monoisotopic (exact) mass is 386 g/mol. The van der Waals surface area contributed by atoms with E-state index in [0.29, 0.717) is 24.6 Å². The van der Waals surface area contributed by atoms with Gasteiger partial charge in [-0.2, -0.15) is 5.21 Å². The Kier molecular flexibility index (Phi) is 6.39. The van der Waals surface area contributed by atoms with E-state index < -0.39 is 11.9 Å². The Morgan fingerprint density at radius 3 is 2.79 bits per heavy atom. The second-order valence-electron chi connectivity index (χ2n) is 8.57. The van der Waals surface area contributed by atoms with Crippen molar-refractivity contribution >= 4 is 5.97 Å². The standard InChI is InChI=1S/C20H30N6O2/c1-4-6-16(20(27)28)17(19-22-24-25-23-19)11-14-8-9-18(21-12-14)15-7-5-10-26(2,3)13-15/h8-9,12,15-17H,4-7,10-11,13H2,1-3H3,(H-,22,23,24,25,27,28)/t15?,16-,17-/m0/s1. The quantitative estimate of drug-likeness (QED) is 0.679. The van der Waals surface area contributed by atoms with E-state index in [1.54, 1.807) is 0 Å². The molecule has 2 aromatic rings. The predicted molar refractivity (Wildman–Crippen MR) is 102 cm³/mol. The van der Waals surface area contributed by atoms with Crippen molar-refractivity contribution in [3.05, 3.63) is 35.4 Å². The summed E-state index contributed by atoms with van der Waals surface area (Å²) in [6.07, 6.45) is 6.02. The minimum Gasteiger partial charge on any atom is -0.550 e. The normalized spacial score (nSPS) is 21.2. The highest BCUT2D eigenvalue weighted by Gasteiger charge is 2.30. The first-order valence-corrected chi connectivity index (χ1v) is 10.1. The minimum atomic E-state index is -1.07. The van der Waals surface area contributed by atoms with Crippen molar-refractivity contribution in [2.24, 2.45) is 5.92 Å². The summed E-state index contributed by atoms with van der Waals surface area (Å²) in [6.45, 7) is 4.27. The third-order valence-corrected chi connectivity index (χ3v) is 5.83. The van der Waals surface area contributed by atoms with Crippen LogP contribution in [0.15, 0.2) is 18.3 Å². The fourth-order valence-corrected chi connectivity index (χ4v) is 4.37. The number of pyridine rings is 1. The topological polar surface area (TPSA) is 107 Å². The zero-order chi connectivity index (χ0) is 20.1. The number of carboxylic acids is 1. The van der Waals surface area contributed by atoms with Gasteiger partial charge in [0, 0.05) is 29.7 Å². The number of piperidine rings is 1. The van der Waals surface area contributed by atoms with Crippen LogP contribution in [0.25, 0.3) is 0 Å². The molecule has 1 N–H and O–H groups in total. The Hall–Kier alpha value is -2.35. The van der Waals surface area contributed by atoms with Gasteiger partial charge in [-0.3, -0.25) is 4.98 Å². The third-order valence-electron chi connectivity index (χ3n) is 5.83. The molecule has 0 radical (unpaired) electrons. The molecule has 28 heavy (non-hydrogen) atoms. The smallest absolute Gasteiger partial charge is 0.178 e. The summed E-state index contributed by atoms with van der Waals surface area (Å²) in [5, 5.41) is 25.9. The summed E-state index contributed by atoms with van der Waals surface area (Å²) in [7, 11) is 4.54. The number of likely N-dealkylation sites (N-methyl/N-ethyl adjacent to an activating group) is 1. The zero-order valence-electron chi connectivity index (χ0n) is 17.0. The molecule has 1 unspecified atom stereocenters. The van der Waals surface area contributed by atoms with E-state index in [4.69, 9.17) is 4.98 Å². The van der Waals surface area contributed by atoms with Crippen LogP contribution in [0.1, 0.15) is 61.5 Å². The van der Waals surface area contributed by atoms with Crippen molar-refractivity contribution in [1.29, 1.82) is 0 Å². The average Bonchev–Trinajstić information content (AvgIpc) is 3.18. The molecule has 0 spiro atoms. The van der Waals surface area contributed by atoms with Gasteiger partial charge in [-0.05, 0) is 37.3 Å². The van der Waals surface area contributed by atoms with Crippen molar-refractivity contribution in [3.63, 3.8) is 0 Å². The second kappa shape index (κ2) is 8.77. The highest BCUT2D eigenvalue weighted by Crippen LogP contribution is 2.31. The number of carboxylic acid groups (broad SMARTS) is 1. The molecule has 1 fully saturated rings. The Morgan fingerprint density at radius 1 is 1.39 bits per heavy atom. The van der Waals surface area contributed by atoms with E-state index in [1.165, 1.54) is 19.4 Å². The fourth-order valence-electron chi connectivity index (χ4n) is 4.37. The van der Waals surface area contributed by atoms with Gasteiger partial charge in [0.25, 0.3) is 0 Å². The number of tetrazole rings is 1. The van der Waals surface area contributed by atoms with E-state index in [2.05, 4.69) is 46.9 Å². The molecule has 3 atom stereocenters. The first-order valence-electron chi connectivity index (χ1n) is 10.1. The first kappa shape index (κ1) is 20.4. The number of hydrogen-bond donors (Lipinski definition) is 1. The molecule has 0 aliphatic carbocycles. The molecule has 1 aliphatic rings. The van der Waals surface area contributed by atoms with E-state index in [-0.39, 0.29) is 5.92 Å². The van der Waals surface area contributed by atoms with Gasteiger partial charge in [0.2, 0.25) is 0 Å². The minimum absolute atomic E-state index is 0.387. The van der Waals surface area contributed by atoms with Gasteiger partial charge in [-0.25, -0.2) is 0 Å². The van der Waals surface area contributed by atoms with Gasteiger partial charge in [-0.1, -0.05) is 24.6 Å². The lowest BCUT2D eigenvalue weighted by atomic mass is 9.83. The maximum Gasteiger partial charge on any atom is 0.178 e. The van der Waals surface area contributed by atoms with Gasteiger partial charge in [0.05, 0.1) is 33.1 Å². The van der Waals surface area contributed by atoms with Crippen molar-refractivity contribution < 1.29 is 14.4 Å². The second-order valence-corrected chi connectivity index (χ2v) is 8.57. The van der Waals surface area contributed by atoms with Gasteiger partial charge >= 0.3 is 0 Å². The summed E-state index contributed by atoms with van der Waals surface area (Å²) in [4.78, 5) is 16.4. The Morgan fingerprint density at radius 2 is 2.21 bits per heavy atom. The molecular formula is C20H30N6O2. The Bertz CT molecular complexity index is 760. The van der Waals surface area contributed by atoms with Crippen molar-refractivity contribution in [3.8, 4) is 0 Å². The summed E-state index contributed by atoms with van der Waals surface area (Å²) < 4.78 is 1.03. The number of aliphatic carboxylic acids is 1. The molecule has 3 heterocycles. The molecule has 152 valence electrons. The first-order chi connectivity index (χ1) is 13.4. The van der Waals surface area contributed by atoms with Crippen LogP contribution in [0.4, 0.5) is 0 Å². The number of H-pyrrole nitrogens is 1. The van der Waals surface area contributed by atoms with Crippen LogP contribution >= 0.6 is 0 Å². The summed E-state index contributed by atoms with van der Waals surface area (Å²) in [6, 6.07) is 4.15. The number of nitrogens with one attached hydrogen (secondary N) is 1. The molecule has 0 aromatic carbocycles. The number of likely N-dealkylation sites (tertiary alicyclic amines) is 1. The van der Waals surface area contributed by atoms with Crippen molar-refractivity contribution in [1.82, 2.24) is 25.6 Å². The van der Waals surface area contributed by atoms with Crippen LogP contribution in [0.3, 0.4) is 0 Å². The maximum atomic E-state index is 11.7. The Balaban J connectivity index is 1.77. The van der Waals surface area contributed by atoms with E-state index in [1.807, 2.05) is 13.1 Å². The molecule has 0 amide bonds. The van der Waals surface area contributed by atoms with Crippen LogP contribution in [0.2, 0.25) is 0 Å². The van der Waals surface area contributed by atoms with E-state index >= 15 is 0 Å². The van der Waals surface area contributed by atoms with Crippen LogP contribution < -0.4 is 5.11 Å². The van der Waals surface area contributed by atoms with Crippen LogP contribution in [0.5, 0.6) is 0 Å². The predicted octanol–water partition coefficient (Wildman–Crippen LogP) is 1.04. The molecule has 8 nitrogen and oxygen atoms in total. The highest BCUT2D eigenvalue weighted by molar-refractivity contribution is 5.69. The summed E-state index contributed by atoms with van der Waals surface area (Å²) in [5.74, 6) is -1.22. The lowest BCUT2D eigenvalue weighted by Gasteiger charge is -2.37. The van der Waals surface area contributed by atoms with E-state index in [9.17, 15) is 9.90 Å². The fraction of sp³-hybridized carbons (Fsp3) is 0.650. The number of quaternary nitrogens is 1. The molecule has 3 rings (SSSR count). The summed E-state index contributed by atoms with van der Waals surface area (Å²) >= 11 is 0. The zero-order valence-corrected chi connectivity index (χ0v) is 17.0. The van der Waals surface area contributed by atoms with Crippen LogP contribution in [-0.2, 0) is 11.2 Å². The van der Waals surface area contributed by atoms with Gasteiger partial charge in [0.15, 0.2) is 5.82 Å². The number of carbonyl (C=O) groups is 1. The molecule has 1 aliphatic heterocycles. The number of hydrogen-bond acceptors (Lipinski definition) is 6. The molecule has 0 saturated carbocycles. The lowest BCUT2D eigenvalue weighted by molar-refractivity contribution is -0.896. The molecule has 1 saturated heterocycles. The van der Waals surface area contributed by atoms with Crippen LogP contribution in [-0.4, -0.2) is 63.2 Å². The SMILES string of the molecule is CCC[C@H](C(=O)[O-])[C@H](Cc1ccc(C2CCC[N+](C)(C)C2)nc1)c1nn[nH]n1. The number of nitrogens with zero attached hydrogens (tertiary/aromatic N) is 5. The number of carbonyl (C=O) groups excluding carboxylic acids is 1. The Labute approximate surface area is 166 Å². The van der Waals surface area contributed by atoms with Gasteiger partial charge in [0.1, 0.15) is 0 Å². The largest absolute Gasteiger partial charge is 0.550 e.